The maximum atomic E-state index is 11.1. The number of likely N-dealkylation sites (tertiary alicyclic amines) is 1. The topological polar surface area (TPSA) is 55.6 Å². The normalized spacial score (nSPS) is 24.2. The van der Waals surface area contributed by atoms with Crippen LogP contribution < -0.4 is 4.74 Å². The summed E-state index contributed by atoms with van der Waals surface area (Å²) in [6.07, 6.45) is 0. The molecule has 2 atom stereocenters. The molecule has 0 aromatic heterocycles. The second kappa shape index (κ2) is 5.12. The molecule has 1 aromatic carbocycles. The lowest BCUT2D eigenvalue weighted by Crippen LogP contribution is -2.27. The zero-order valence-electron chi connectivity index (χ0n) is 10.3. The molecule has 1 fully saturated rings. The smallest absolute Gasteiger partial charge is 0.233 e. The summed E-state index contributed by atoms with van der Waals surface area (Å²) in [5, 5.41) is 11.6. The molecule has 5 nitrogen and oxygen atoms in total. The van der Waals surface area contributed by atoms with Crippen molar-refractivity contribution in [3.63, 3.8) is 0 Å². The number of methoxy groups -OCH3 is 1. The van der Waals surface area contributed by atoms with E-state index in [4.69, 9.17) is 16.3 Å². The Kier molecular flexibility index (Phi) is 3.73. The summed E-state index contributed by atoms with van der Waals surface area (Å²) in [6, 6.07) is 4.80. The third kappa shape index (κ3) is 2.28. The number of halogens is 1. The molecule has 0 saturated carbocycles. The molecule has 0 spiro atoms. The van der Waals surface area contributed by atoms with Gasteiger partial charge in [-0.1, -0.05) is 23.7 Å². The summed E-state index contributed by atoms with van der Waals surface area (Å²) in [4.78, 5) is 12.8. The lowest BCUT2D eigenvalue weighted by Gasteiger charge is -2.15. The molecule has 2 rings (SSSR count). The first kappa shape index (κ1) is 13.1. The van der Waals surface area contributed by atoms with Crippen LogP contribution in [0.3, 0.4) is 0 Å². The van der Waals surface area contributed by atoms with Crippen LogP contribution in [0.1, 0.15) is 11.5 Å². The van der Waals surface area contributed by atoms with Crippen molar-refractivity contribution in [2.24, 2.45) is 0 Å². The van der Waals surface area contributed by atoms with Crippen LogP contribution in [0.15, 0.2) is 18.2 Å². The van der Waals surface area contributed by atoms with Gasteiger partial charge in [0.25, 0.3) is 0 Å². The van der Waals surface area contributed by atoms with Crippen molar-refractivity contribution >= 4 is 11.6 Å². The average molecular weight is 271 g/mol. The minimum Gasteiger partial charge on any atom is -0.495 e. The Labute approximate surface area is 110 Å². The first-order valence-corrected chi connectivity index (χ1v) is 6.06. The van der Waals surface area contributed by atoms with Crippen LogP contribution >= 0.6 is 11.6 Å². The van der Waals surface area contributed by atoms with Gasteiger partial charge in [-0.05, 0) is 18.7 Å². The first-order chi connectivity index (χ1) is 8.54. The summed E-state index contributed by atoms with van der Waals surface area (Å²) in [5.41, 5.74) is 0.794. The predicted octanol–water partition coefficient (Wildman–Crippen LogP) is 2.02. The van der Waals surface area contributed by atoms with Crippen LogP contribution in [0.2, 0.25) is 5.02 Å². The van der Waals surface area contributed by atoms with Crippen LogP contribution in [0.4, 0.5) is 0 Å². The van der Waals surface area contributed by atoms with Gasteiger partial charge in [-0.15, -0.1) is 0 Å². The van der Waals surface area contributed by atoms with E-state index >= 15 is 0 Å². The minimum absolute atomic E-state index is 0.187. The molecule has 2 unspecified atom stereocenters. The molecule has 0 amide bonds. The van der Waals surface area contributed by atoms with E-state index in [0.29, 0.717) is 23.9 Å². The van der Waals surface area contributed by atoms with E-state index in [1.54, 1.807) is 6.07 Å². The highest BCUT2D eigenvalue weighted by atomic mass is 35.5. The predicted molar refractivity (Wildman–Crippen MR) is 69.0 cm³/mol. The van der Waals surface area contributed by atoms with Crippen molar-refractivity contribution in [1.82, 2.24) is 4.90 Å². The van der Waals surface area contributed by atoms with Gasteiger partial charge in [0, 0.05) is 11.5 Å². The molecule has 1 saturated heterocycles. The highest BCUT2D eigenvalue weighted by Crippen LogP contribution is 2.37. The van der Waals surface area contributed by atoms with Gasteiger partial charge in [0.05, 0.1) is 24.6 Å². The number of nitro groups is 1. The number of hydrogen-bond donors (Lipinski definition) is 0. The van der Waals surface area contributed by atoms with Crippen LogP contribution in [0, 0.1) is 10.1 Å². The molecule has 1 heterocycles. The molecule has 18 heavy (non-hydrogen) atoms. The van der Waals surface area contributed by atoms with Gasteiger partial charge in [0.2, 0.25) is 6.04 Å². The third-order valence-corrected chi connectivity index (χ3v) is 3.76. The Hall–Kier alpha value is -1.33. The summed E-state index contributed by atoms with van der Waals surface area (Å²) < 4.78 is 5.15. The molecule has 0 radical (unpaired) electrons. The second-order valence-electron chi connectivity index (χ2n) is 4.54. The number of rotatable bonds is 3. The van der Waals surface area contributed by atoms with Crippen LogP contribution in [-0.4, -0.2) is 43.1 Å². The van der Waals surface area contributed by atoms with Gasteiger partial charge < -0.3 is 4.74 Å². The zero-order chi connectivity index (χ0) is 13.3. The van der Waals surface area contributed by atoms with E-state index in [1.165, 1.54) is 7.11 Å². The molecule has 0 N–H and O–H groups in total. The summed E-state index contributed by atoms with van der Waals surface area (Å²) in [5.74, 6) is 0.374. The lowest BCUT2D eigenvalue weighted by atomic mass is 9.94. The maximum Gasteiger partial charge on any atom is 0.233 e. The van der Waals surface area contributed by atoms with Crippen LogP contribution in [-0.2, 0) is 0 Å². The van der Waals surface area contributed by atoms with Crippen molar-refractivity contribution in [3.05, 3.63) is 38.9 Å². The van der Waals surface area contributed by atoms with Gasteiger partial charge in [-0.3, -0.25) is 15.0 Å². The van der Waals surface area contributed by atoms with E-state index in [-0.39, 0.29) is 10.8 Å². The summed E-state index contributed by atoms with van der Waals surface area (Å²) >= 11 is 6.24. The molecule has 1 aliphatic rings. The van der Waals surface area contributed by atoms with Crippen LogP contribution in [0.5, 0.6) is 5.75 Å². The van der Waals surface area contributed by atoms with Gasteiger partial charge in [-0.2, -0.15) is 0 Å². The monoisotopic (exact) mass is 270 g/mol. The molecule has 6 heteroatoms. The Morgan fingerprint density at radius 3 is 2.83 bits per heavy atom. The van der Waals surface area contributed by atoms with E-state index in [0.717, 1.165) is 5.56 Å². The Morgan fingerprint density at radius 2 is 2.22 bits per heavy atom. The minimum atomic E-state index is -0.611. The Bertz CT molecular complexity index is 467. The fourth-order valence-corrected chi connectivity index (χ4v) is 2.81. The quantitative estimate of drug-likeness (QED) is 0.623. The lowest BCUT2D eigenvalue weighted by molar-refractivity contribution is -0.521. The van der Waals surface area contributed by atoms with E-state index < -0.39 is 6.04 Å². The molecular formula is C12H15ClN2O3. The Balaban J connectivity index is 2.38. The summed E-state index contributed by atoms with van der Waals surface area (Å²) in [6.45, 7) is 1.09. The maximum absolute atomic E-state index is 11.1. The van der Waals surface area contributed by atoms with Gasteiger partial charge in [-0.25, -0.2) is 0 Å². The number of hydrogen-bond acceptors (Lipinski definition) is 4. The highest BCUT2D eigenvalue weighted by Gasteiger charge is 2.41. The molecular weight excluding hydrogens is 256 g/mol. The van der Waals surface area contributed by atoms with Gasteiger partial charge in [0.15, 0.2) is 0 Å². The van der Waals surface area contributed by atoms with Crippen molar-refractivity contribution in [3.8, 4) is 5.75 Å². The number of nitrogens with zero attached hydrogens (tertiary/aromatic N) is 2. The fourth-order valence-electron chi connectivity index (χ4n) is 2.47. The van der Waals surface area contributed by atoms with E-state index in [2.05, 4.69) is 0 Å². The molecule has 1 aliphatic heterocycles. The summed E-state index contributed by atoms with van der Waals surface area (Å²) in [7, 11) is 3.42. The molecule has 98 valence electrons. The van der Waals surface area contributed by atoms with Crippen LogP contribution in [0.25, 0.3) is 0 Å². The van der Waals surface area contributed by atoms with Gasteiger partial charge >= 0.3 is 0 Å². The second-order valence-corrected chi connectivity index (χ2v) is 4.92. The van der Waals surface area contributed by atoms with E-state index in [9.17, 15) is 10.1 Å². The third-order valence-electron chi connectivity index (χ3n) is 3.35. The number of benzene rings is 1. The van der Waals surface area contributed by atoms with Crippen molar-refractivity contribution in [1.29, 1.82) is 0 Å². The van der Waals surface area contributed by atoms with Gasteiger partial charge in [0.1, 0.15) is 5.75 Å². The fraction of sp³-hybridized carbons (Fsp3) is 0.500. The number of likely N-dealkylation sites (N-methyl/N-ethyl adjacent to an activating group) is 1. The SMILES string of the molecule is COc1cccc(C2CN(C)CC2[N+](=O)[O-])c1Cl. The zero-order valence-corrected chi connectivity index (χ0v) is 11.1. The average Bonchev–Trinajstić information content (AvgIpc) is 2.71. The standard InChI is InChI=1S/C12H15ClN2O3/c1-14-6-9(10(7-14)15(16)17)8-4-3-5-11(18-2)12(8)13/h3-5,9-10H,6-7H2,1-2H3. The van der Waals surface area contributed by atoms with Crippen molar-refractivity contribution < 1.29 is 9.66 Å². The molecule has 0 aliphatic carbocycles. The molecule has 1 aromatic rings. The highest BCUT2D eigenvalue weighted by molar-refractivity contribution is 6.32. The largest absolute Gasteiger partial charge is 0.495 e. The van der Waals surface area contributed by atoms with E-state index in [1.807, 2.05) is 24.1 Å². The molecule has 0 bridgehead atoms. The number of ether oxygens (including phenoxy) is 1. The van der Waals surface area contributed by atoms with Crippen molar-refractivity contribution in [2.45, 2.75) is 12.0 Å². The first-order valence-electron chi connectivity index (χ1n) is 5.69. The Morgan fingerprint density at radius 1 is 1.50 bits per heavy atom. The van der Waals surface area contributed by atoms with Crippen molar-refractivity contribution in [2.75, 3.05) is 27.2 Å².